The van der Waals surface area contributed by atoms with E-state index in [2.05, 4.69) is 0 Å². The zero-order valence-corrected chi connectivity index (χ0v) is 8.53. The van der Waals surface area contributed by atoms with Crippen LogP contribution >= 0.6 is 0 Å². The molecule has 2 N–H and O–H groups in total. The summed E-state index contributed by atoms with van der Waals surface area (Å²) in [5, 5.41) is 18.3. The van der Waals surface area contributed by atoms with Crippen molar-refractivity contribution in [1.29, 1.82) is 0 Å². The van der Waals surface area contributed by atoms with Gasteiger partial charge in [0, 0.05) is 0 Å². The second kappa shape index (κ2) is 4.44. The molecule has 0 heterocycles. The summed E-state index contributed by atoms with van der Waals surface area (Å²) in [4.78, 5) is 0. The van der Waals surface area contributed by atoms with Crippen LogP contribution in [0.15, 0.2) is 24.3 Å². The van der Waals surface area contributed by atoms with Crippen molar-refractivity contribution in [2.45, 2.75) is 26.1 Å². The lowest BCUT2D eigenvalue weighted by molar-refractivity contribution is 0.0284. The van der Waals surface area contributed by atoms with Crippen molar-refractivity contribution >= 4 is 0 Å². The van der Waals surface area contributed by atoms with Crippen LogP contribution in [0.3, 0.4) is 0 Å². The Labute approximate surface area is 84.0 Å². The Morgan fingerprint density at radius 2 is 2.07 bits per heavy atom. The van der Waals surface area contributed by atoms with Gasteiger partial charge in [0.2, 0.25) is 0 Å². The van der Waals surface area contributed by atoms with Gasteiger partial charge in [0.05, 0.1) is 12.2 Å². The molecule has 0 spiro atoms. The van der Waals surface area contributed by atoms with Gasteiger partial charge in [-0.05, 0) is 31.5 Å². The van der Waals surface area contributed by atoms with E-state index in [9.17, 15) is 5.11 Å². The SMILES string of the molecule is CC(C)(O)COc1cccc(CO)c1. The molecule has 0 bridgehead atoms. The zero-order valence-electron chi connectivity index (χ0n) is 8.53. The molecule has 3 heteroatoms. The molecule has 0 aromatic heterocycles. The average molecular weight is 196 g/mol. The van der Waals surface area contributed by atoms with Gasteiger partial charge in [0.1, 0.15) is 12.4 Å². The van der Waals surface area contributed by atoms with Gasteiger partial charge in [-0.3, -0.25) is 0 Å². The van der Waals surface area contributed by atoms with Crippen molar-refractivity contribution < 1.29 is 14.9 Å². The fourth-order valence-electron chi connectivity index (χ4n) is 0.994. The molecule has 0 unspecified atom stereocenters. The molecule has 0 saturated heterocycles. The van der Waals surface area contributed by atoms with Crippen LogP contribution < -0.4 is 4.74 Å². The van der Waals surface area contributed by atoms with Crippen LogP contribution in [-0.2, 0) is 6.61 Å². The van der Waals surface area contributed by atoms with Gasteiger partial charge < -0.3 is 14.9 Å². The molecule has 3 nitrogen and oxygen atoms in total. The fraction of sp³-hybridized carbons (Fsp3) is 0.455. The molecule has 78 valence electrons. The van der Waals surface area contributed by atoms with E-state index in [1.165, 1.54) is 0 Å². The Kier molecular flexibility index (Phi) is 3.49. The lowest BCUT2D eigenvalue weighted by Crippen LogP contribution is -2.27. The third-order valence-electron chi connectivity index (χ3n) is 1.67. The van der Waals surface area contributed by atoms with Gasteiger partial charge in [-0.15, -0.1) is 0 Å². The number of hydrogen-bond donors (Lipinski definition) is 2. The van der Waals surface area contributed by atoms with E-state index in [4.69, 9.17) is 9.84 Å². The highest BCUT2D eigenvalue weighted by Gasteiger charge is 2.13. The highest BCUT2D eigenvalue weighted by atomic mass is 16.5. The van der Waals surface area contributed by atoms with Gasteiger partial charge in [0.15, 0.2) is 0 Å². The largest absolute Gasteiger partial charge is 0.491 e. The second-order valence-electron chi connectivity index (χ2n) is 3.91. The second-order valence-corrected chi connectivity index (χ2v) is 3.91. The quantitative estimate of drug-likeness (QED) is 0.763. The minimum Gasteiger partial charge on any atom is -0.491 e. The molecule has 0 atom stereocenters. The van der Waals surface area contributed by atoms with Crippen molar-refractivity contribution in [3.63, 3.8) is 0 Å². The summed E-state index contributed by atoms with van der Waals surface area (Å²) in [6.45, 7) is 3.60. The first-order valence-electron chi connectivity index (χ1n) is 4.56. The Morgan fingerprint density at radius 3 is 2.64 bits per heavy atom. The predicted molar refractivity (Wildman–Crippen MR) is 54.2 cm³/mol. The highest BCUT2D eigenvalue weighted by Crippen LogP contribution is 2.15. The van der Waals surface area contributed by atoms with Crippen molar-refractivity contribution in [3.8, 4) is 5.75 Å². The monoisotopic (exact) mass is 196 g/mol. The van der Waals surface area contributed by atoms with Crippen LogP contribution in [0.25, 0.3) is 0 Å². The van der Waals surface area contributed by atoms with Gasteiger partial charge in [0.25, 0.3) is 0 Å². The molecule has 1 aromatic rings. The van der Waals surface area contributed by atoms with Gasteiger partial charge in [-0.1, -0.05) is 12.1 Å². The molecule has 0 saturated carbocycles. The standard InChI is InChI=1S/C11H16O3/c1-11(2,13)8-14-10-5-3-4-9(6-10)7-12/h3-6,12-13H,7-8H2,1-2H3. The van der Waals surface area contributed by atoms with E-state index >= 15 is 0 Å². The lowest BCUT2D eigenvalue weighted by Gasteiger charge is -2.17. The lowest BCUT2D eigenvalue weighted by atomic mass is 10.1. The number of ether oxygens (including phenoxy) is 1. The number of hydrogen-bond acceptors (Lipinski definition) is 3. The summed E-state index contributed by atoms with van der Waals surface area (Å²) in [6.07, 6.45) is 0. The smallest absolute Gasteiger partial charge is 0.119 e. The normalized spacial score (nSPS) is 11.4. The Morgan fingerprint density at radius 1 is 1.36 bits per heavy atom. The van der Waals surface area contributed by atoms with E-state index in [1.807, 2.05) is 12.1 Å². The topological polar surface area (TPSA) is 49.7 Å². The minimum absolute atomic E-state index is 0.000280. The zero-order chi connectivity index (χ0) is 10.6. The molecule has 1 aromatic carbocycles. The summed E-state index contributed by atoms with van der Waals surface area (Å²) in [5.74, 6) is 0.665. The number of benzene rings is 1. The third kappa shape index (κ3) is 3.77. The summed E-state index contributed by atoms with van der Waals surface area (Å²) in [5.41, 5.74) is -0.0341. The maximum Gasteiger partial charge on any atom is 0.119 e. The molecule has 0 radical (unpaired) electrons. The van der Waals surface area contributed by atoms with E-state index < -0.39 is 5.60 Å². The number of aliphatic hydroxyl groups excluding tert-OH is 1. The molecule has 0 aliphatic rings. The van der Waals surface area contributed by atoms with Crippen molar-refractivity contribution in [2.75, 3.05) is 6.61 Å². The van der Waals surface area contributed by atoms with Crippen LogP contribution in [-0.4, -0.2) is 22.4 Å². The summed E-state index contributed by atoms with van der Waals surface area (Å²) < 4.78 is 5.35. The van der Waals surface area contributed by atoms with E-state index in [-0.39, 0.29) is 13.2 Å². The third-order valence-corrected chi connectivity index (χ3v) is 1.67. The molecule has 1 rings (SSSR count). The highest BCUT2D eigenvalue weighted by molar-refractivity contribution is 5.28. The molecular formula is C11H16O3. The molecule has 0 aliphatic heterocycles. The Balaban J connectivity index is 2.59. The van der Waals surface area contributed by atoms with Crippen molar-refractivity contribution in [2.24, 2.45) is 0 Å². The van der Waals surface area contributed by atoms with Crippen molar-refractivity contribution in [1.82, 2.24) is 0 Å². The summed E-state index contributed by atoms with van der Waals surface area (Å²) in [6, 6.07) is 7.18. The first-order chi connectivity index (χ1) is 6.51. The maximum atomic E-state index is 9.43. The number of aliphatic hydroxyl groups is 2. The average Bonchev–Trinajstić information content (AvgIpc) is 2.14. The van der Waals surface area contributed by atoms with Crippen LogP contribution in [0, 0.1) is 0 Å². The minimum atomic E-state index is -0.838. The van der Waals surface area contributed by atoms with Gasteiger partial charge in [-0.2, -0.15) is 0 Å². The van der Waals surface area contributed by atoms with Crippen LogP contribution in [0.4, 0.5) is 0 Å². The van der Waals surface area contributed by atoms with Crippen LogP contribution in [0.2, 0.25) is 0 Å². The van der Waals surface area contributed by atoms with Crippen LogP contribution in [0.1, 0.15) is 19.4 Å². The molecule has 0 amide bonds. The first kappa shape index (κ1) is 11.0. The first-order valence-corrected chi connectivity index (χ1v) is 4.56. The van der Waals surface area contributed by atoms with Gasteiger partial charge >= 0.3 is 0 Å². The fourth-order valence-corrected chi connectivity index (χ4v) is 0.994. The van der Waals surface area contributed by atoms with Crippen molar-refractivity contribution in [3.05, 3.63) is 29.8 Å². The molecule has 14 heavy (non-hydrogen) atoms. The molecule has 0 aliphatic carbocycles. The van der Waals surface area contributed by atoms with Gasteiger partial charge in [-0.25, -0.2) is 0 Å². The summed E-state index contributed by atoms with van der Waals surface area (Å²) >= 11 is 0. The number of rotatable bonds is 4. The molecule has 0 fully saturated rings. The predicted octanol–water partition coefficient (Wildman–Crippen LogP) is 1.33. The molecular weight excluding hydrogens is 180 g/mol. The van der Waals surface area contributed by atoms with E-state index in [1.54, 1.807) is 26.0 Å². The summed E-state index contributed by atoms with van der Waals surface area (Å²) in [7, 11) is 0. The maximum absolute atomic E-state index is 9.43. The van der Waals surface area contributed by atoms with E-state index in [0.717, 1.165) is 5.56 Å². The van der Waals surface area contributed by atoms with Crippen LogP contribution in [0.5, 0.6) is 5.75 Å². The Hall–Kier alpha value is -1.06. The Bertz CT molecular complexity index is 289. The van der Waals surface area contributed by atoms with E-state index in [0.29, 0.717) is 5.75 Å².